The van der Waals surface area contributed by atoms with E-state index < -0.39 is 0 Å². The Morgan fingerprint density at radius 2 is 1.90 bits per heavy atom. The Labute approximate surface area is 130 Å². The summed E-state index contributed by atoms with van der Waals surface area (Å²) in [4.78, 5) is 13.4. The zero-order valence-electron chi connectivity index (χ0n) is 12.5. The zero-order valence-corrected chi connectivity index (χ0v) is 13.3. The largest absolute Gasteiger partial charge is 0.374 e. The SMILES string of the molecule is CSc1ccccc1NC(=O)[C@@H](C)Nc1cccc(C)c1. The van der Waals surface area contributed by atoms with E-state index in [1.54, 1.807) is 11.8 Å². The van der Waals surface area contributed by atoms with E-state index in [0.717, 1.165) is 16.3 Å². The Hall–Kier alpha value is -1.94. The van der Waals surface area contributed by atoms with E-state index in [1.807, 2.05) is 68.6 Å². The normalized spacial score (nSPS) is 11.8. The van der Waals surface area contributed by atoms with Crippen molar-refractivity contribution in [1.82, 2.24) is 0 Å². The van der Waals surface area contributed by atoms with Gasteiger partial charge >= 0.3 is 0 Å². The number of benzene rings is 2. The van der Waals surface area contributed by atoms with E-state index in [4.69, 9.17) is 0 Å². The lowest BCUT2D eigenvalue weighted by molar-refractivity contribution is -0.116. The third kappa shape index (κ3) is 4.26. The van der Waals surface area contributed by atoms with Gasteiger partial charge in [-0.3, -0.25) is 4.79 Å². The number of hydrogen-bond donors (Lipinski definition) is 2. The molecule has 0 aliphatic heterocycles. The second-order valence-electron chi connectivity index (χ2n) is 4.93. The minimum Gasteiger partial charge on any atom is -0.374 e. The molecule has 21 heavy (non-hydrogen) atoms. The molecule has 0 radical (unpaired) electrons. The standard InChI is InChI=1S/C17H20N2OS/c1-12-7-6-8-14(11-12)18-13(2)17(20)19-15-9-4-5-10-16(15)21-3/h4-11,13,18H,1-3H3,(H,19,20)/t13-/m1/s1. The molecule has 1 amide bonds. The number of aryl methyl sites for hydroxylation is 1. The van der Waals surface area contributed by atoms with Gasteiger partial charge in [0.05, 0.1) is 5.69 Å². The minimum atomic E-state index is -0.304. The van der Waals surface area contributed by atoms with Crippen LogP contribution in [0.25, 0.3) is 0 Å². The lowest BCUT2D eigenvalue weighted by atomic mass is 10.2. The van der Waals surface area contributed by atoms with Crippen molar-refractivity contribution in [3.63, 3.8) is 0 Å². The van der Waals surface area contributed by atoms with Gasteiger partial charge in [0.15, 0.2) is 0 Å². The number of para-hydroxylation sites is 1. The van der Waals surface area contributed by atoms with E-state index in [0.29, 0.717) is 0 Å². The number of anilines is 2. The number of carbonyl (C=O) groups is 1. The van der Waals surface area contributed by atoms with Crippen LogP contribution in [0, 0.1) is 6.92 Å². The second kappa shape index (κ2) is 7.18. The van der Waals surface area contributed by atoms with Crippen molar-refractivity contribution < 1.29 is 4.79 Å². The monoisotopic (exact) mass is 300 g/mol. The van der Waals surface area contributed by atoms with Crippen LogP contribution in [-0.4, -0.2) is 18.2 Å². The number of nitrogens with one attached hydrogen (secondary N) is 2. The van der Waals surface area contributed by atoms with Crippen LogP contribution in [0.4, 0.5) is 11.4 Å². The molecule has 0 aromatic heterocycles. The molecule has 2 aromatic carbocycles. The Morgan fingerprint density at radius 3 is 2.62 bits per heavy atom. The zero-order chi connectivity index (χ0) is 15.2. The summed E-state index contributed by atoms with van der Waals surface area (Å²) < 4.78 is 0. The van der Waals surface area contributed by atoms with E-state index in [9.17, 15) is 4.79 Å². The summed E-state index contributed by atoms with van der Waals surface area (Å²) in [6.07, 6.45) is 2.00. The molecule has 0 bridgehead atoms. The fourth-order valence-corrected chi connectivity index (χ4v) is 2.59. The summed E-state index contributed by atoms with van der Waals surface area (Å²) in [5.41, 5.74) is 2.98. The summed E-state index contributed by atoms with van der Waals surface area (Å²) in [6.45, 7) is 3.89. The molecule has 0 aliphatic carbocycles. The van der Waals surface area contributed by atoms with Crippen LogP contribution in [-0.2, 0) is 4.79 Å². The Bertz CT molecular complexity index is 628. The number of carbonyl (C=O) groups excluding carboxylic acids is 1. The smallest absolute Gasteiger partial charge is 0.246 e. The first-order valence-corrected chi connectivity index (χ1v) is 8.09. The highest BCUT2D eigenvalue weighted by Gasteiger charge is 2.14. The van der Waals surface area contributed by atoms with Crippen LogP contribution in [0.2, 0.25) is 0 Å². The number of hydrogen-bond acceptors (Lipinski definition) is 3. The molecular weight excluding hydrogens is 280 g/mol. The minimum absolute atomic E-state index is 0.0435. The van der Waals surface area contributed by atoms with Gasteiger partial charge in [-0.05, 0) is 49.9 Å². The lowest BCUT2D eigenvalue weighted by Crippen LogP contribution is -2.32. The second-order valence-corrected chi connectivity index (χ2v) is 5.77. The summed E-state index contributed by atoms with van der Waals surface area (Å²) in [5.74, 6) is -0.0435. The van der Waals surface area contributed by atoms with E-state index in [-0.39, 0.29) is 11.9 Å². The molecule has 0 saturated carbocycles. The van der Waals surface area contributed by atoms with Gasteiger partial charge in [-0.25, -0.2) is 0 Å². The fourth-order valence-electron chi connectivity index (χ4n) is 2.04. The van der Waals surface area contributed by atoms with Gasteiger partial charge in [-0.1, -0.05) is 24.3 Å². The van der Waals surface area contributed by atoms with Gasteiger partial charge in [0.1, 0.15) is 6.04 Å². The van der Waals surface area contributed by atoms with Gasteiger partial charge in [-0.15, -0.1) is 11.8 Å². The Kier molecular flexibility index (Phi) is 5.28. The van der Waals surface area contributed by atoms with Crippen molar-refractivity contribution in [2.45, 2.75) is 24.8 Å². The third-order valence-electron chi connectivity index (χ3n) is 3.16. The molecule has 1 atom stereocenters. The highest BCUT2D eigenvalue weighted by molar-refractivity contribution is 7.98. The summed E-state index contributed by atoms with van der Waals surface area (Å²) in [5, 5.41) is 6.20. The molecule has 3 nitrogen and oxygen atoms in total. The van der Waals surface area contributed by atoms with Crippen molar-refractivity contribution in [2.24, 2.45) is 0 Å². The van der Waals surface area contributed by atoms with Crippen molar-refractivity contribution >= 4 is 29.0 Å². The molecule has 2 rings (SSSR count). The van der Waals surface area contributed by atoms with Crippen LogP contribution in [0.3, 0.4) is 0 Å². The topological polar surface area (TPSA) is 41.1 Å². The maximum atomic E-state index is 12.3. The molecule has 0 aliphatic rings. The molecule has 2 N–H and O–H groups in total. The highest BCUT2D eigenvalue weighted by atomic mass is 32.2. The summed E-state index contributed by atoms with van der Waals surface area (Å²) in [7, 11) is 0. The van der Waals surface area contributed by atoms with Gasteiger partial charge < -0.3 is 10.6 Å². The lowest BCUT2D eigenvalue weighted by Gasteiger charge is -2.16. The average molecular weight is 300 g/mol. The van der Waals surface area contributed by atoms with Gasteiger partial charge in [0.2, 0.25) is 5.91 Å². The number of rotatable bonds is 5. The first-order valence-electron chi connectivity index (χ1n) is 6.87. The fraction of sp³-hybridized carbons (Fsp3) is 0.235. The predicted molar refractivity (Wildman–Crippen MR) is 91.1 cm³/mol. The highest BCUT2D eigenvalue weighted by Crippen LogP contribution is 2.24. The quantitative estimate of drug-likeness (QED) is 0.815. The molecule has 110 valence electrons. The van der Waals surface area contributed by atoms with E-state index >= 15 is 0 Å². The van der Waals surface area contributed by atoms with Crippen LogP contribution in [0.1, 0.15) is 12.5 Å². The van der Waals surface area contributed by atoms with Crippen molar-refractivity contribution in [2.75, 3.05) is 16.9 Å². The molecule has 0 unspecified atom stereocenters. The molecular formula is C17H20N2OS. The van der Waals surface area contributed by atoms with Gasteiger partial charge in [0.25, 0.3) is 0 Å². The van der Waals surface area contributed by atoms with Crippen LogP contribution >= 0.6 is 11.8 Å². The van der Waals surface area contributed by atoms with Crippen molar-refractivity contribution in [3.05, 3.63) is 54.1 Å². The van der Waals surface area contributed by atoms with E-state index in [2.05, 4.69) is 10.6 Å². The first-order chi connectivity index (χ1) is 10.1. The molecule has 0 fully saturated rings. The molecule has 4 heteroatoms. The van der Waals surface area contributed by atoms with Crippen LogP contribution < -0.4 is 10.6 Å². The average Bonchev–Trinajstić information content (AvgIpc) is 2.47. The van der Waals surface area contributed by atoms with Gasteiger partial charge in [-0.2, -0.15) is 0 Å². The first kappa shape index (κ1) is 15.4. The van der Waals surface area contributed by atoms with Crippen molar-refractivity contribution in [3.8, 4) is 0 Å². The van der Waals surface area contributed by atoms with Crippen LogP contribution in [0.5, 0.6) is 0 Å². The Balaban J connectivity index is 2.02. The maximum Gasteiger partial charge on any atom is 0.246 e. The van der Waals surface area contributed by atoms with Crippen LogP contribution in [0.15, 0.2) is 53.4 Å². The van der Waals surface area contributed by atoms with Crippen molar-refractivity contribution in [1.29, 1.82) is 0 Å². The number of amides is 1. The van der Waals surface area contributed by atoms with Gasteiger partial charge in [0, 0.05) is 10.6 Å². The molecule has 2 aromatic rings. The third-order valence-corrected chi connectivity index (χ3v) is 3.96. The molecule has 0 saturated heterocycles. The summed E-state index contributed by atoms with van der Waals surface area (Å²) >= 11 is 1.62. The maximum absolute atomic E-state index is 12.3. The summed E-state index contributed by atoms with van der Waals surface area (Å²) in [6, 6.07) is 15.5. The molecule has 0 heterocycles. The predicted octanol–water partition coefficient (Wildman–Crippen LogP) is 4.16. The Morgan fingerprint density at radius 1 is 1.14 bits per heavy atom. The number of thioether (sulfide) groups is 1. The van der Waals surface area contributed by atoms with E-state index in [1.165, 1.54) is 5.56 Å². The molecule has 0 spiro atoms.